The number of nitrogen functional groups attached to an aromatic ring is 1. The van der Waals surface area contributed by atoms with E-state index in [4.69, 9.17) is 14.9 Å². The van der Waals surface area contributed by atoms with Gasteiger partial charge in [0.15, 0.2) is 5.75 Å². The molecule has 0 saturated carbocycles. The molecule has 0 spiro atoms. The highest BCUT2D eigenvalue weighted by molar-refractivity contribution is 5.98. The Bertz CT molecular complexity index is 535. The van der Waals surface area contributed by atoms with Crippen molar-refractivity contribution >= 4 is 11.6 Å². The van der Waals surface area contributed by atoms with E-state index in [-0.39, 0.29) is 5.91 Å². The van der Waals surface area contributed by atoms with Crippen LogP contribution in [0, 0.1) is 0 Å². The Hall–Kier alpha value is -2.43. The normalized spacial score (nSPS) is 10.1. The molecule has 5 heteroatoms. The lowest BCUT2D eigenvalue weighted by molar-refractivity contribution is 0.0945. The van der Waals surface area contributed by atoms with Crippen molar-refractivity contribution in [3.8, 4) is 5.75 Å². The summed E-state index contributed by atoms with van der Waals surface area (Å²) in [6.45, 7) is 0.323. The predicted octanol–water partition coefficient (Wildman–Crippen LogP) is 1.80. The summed E-state index contributed by atoms with van der Waals surface area (Å²) in [5, 5.41) is 2.74. The standard InChI is InChI=1S/C13H14N2O3/c1-17-12-10(5-2-6-11(12)14)13(16)15-8-9-4-3-7-18-9/h2-7H,8,14H2,1H3,(H,15,16). The van der Waals surface area contributed by atoms with E-state index in [2.05, 4.69) is 5.32 Å². The summed E-state index contributed by atoms with van der Waals surface area (Å²) in [6.07, 6.45) is 1.56. The van der Waals surface area contributed by atoms with Crippen molar-refractivity contribution in [3.63, 3.8) is 0 Å². The lowest BCUT2D eigenvalue weighted by atomic mass is 10.1. The molecule has 0 unspecified atom stereocenters. The quantitative estimate of drug-likeness (QED) is 0.806. The molecule has 2 rings (SSSR count). The van der Waals surface area contributed by atoms with Crippen LogP contribution in [0.5, 0.6) is 5.75 Å². The van der Waals surface area contributed by atoms with E-state index < -0.39 is 0 Å². The Labute approximate surface area is 105 Å². The molecule has 0 bridgehead atoms. The average Bonchev–Trinajstić information content (AvgIpc) is 2.88. The minimum absolute atomic E-state index is 0.254. The minimum Gasteiger partial charge on any atom is -0.494 e. The molecule has 0 saturated heterocycles. The first kappa shape index (κ1) is 12.0. The maximum Gasteiger partial charge on any atom is 0.255 e. The third-order valence-corrected chi connectivity index (χ3v) is 2.50. The van der Waals surface area contributed by atoms with E-state index >= 15 is 0 Å². The highest BCUT2D eigenvalue weighted by Crippen LogP contribution is 2.25. The molecule has 1 amide bonds. The molecule has 5 nitrogen and oxygen atoms in total. The zero-order chi connectivity index (χ0) is 13.0. The van der Waals surface area contributed by atoms with Crippen LogP contribution in [0.3, 0.4) is 0 Å². The van der Waals surface area contributed by atoms with E-state index in [0.717, 1.165) is 0 Å². The molecule has 18 heavy (non-hydrogen) atoms. The van der Waals surface area contributed by atoms with Crippen molar-refractivity contribution < 1.29 is 13.9 Å². The lowest BCUT2D eigenvalue weighted by Crippen LogP contribution is -2.23. The lowest BCUT2D eigenvalue weighted by Gasteiger charge is -2.10. The van der Waals surface area contributed by atoms with E-state index in [9.17, 15) is 4.79 Å². The third-order valence-electron chi connectivity index (χ3n) is 2.50. The fourth-order valence-electron chi connectivity index (χ4n) is 1.64. The Kier molecular flexibility index (Phi) is 3.52. The van der Waals surface area contributed by atoms with Crippen LogP contribution in [0.15, 0.2) is 41.0 Å². The van der Waals surface area contributed by atoms with Gasteiger partial charge in [-0.05, 0) is 24.3 Å². The smallest absolute Gasteiger partial charge is 0.255 e. The van der Waals surface area contributed by atoms with Gasteiger partial charge >= 0.3 is 0 Å². The Balaban J connectivity index is 2.11. The van der Waals surface area contributed by atoms with E-state index in [0.29, 0.717) is 29.3 Å². The van der Waals surface area contributed by atoms with Crippen LogP contribution in [-0.4, -0.2) is 13.0 Å². The molecule has 1 aromatic carbocycles. The van der Waals surface area contributed by atoms with Gasteiger partial charge in [-0.2, -0.15) is 0 Å². The monoisotopic (exact) mass is 246 g/mol. The molecular formula is C13H14N2O3. The summed E-state index contributed by atoms with van der Waals surface area (Å²) in [7, 11) is 1.48. The molecular weight excluding hydrogens is 232 g/mol. The number of anilines is 1. The first-order valence-corrected chi connectivity index (χ1v) is 5.45. The summed E-state index contributed by atoms with van der Waals surface area (Å²) < 4.78 is 10.3. The molecule has 2 aromatic rings. The topological polar surface area (TPSA) is 77.5 Å². The summed E-state index contributed by atoms with van der Waals surface area (Å²) in [5.41, 5.74) is 6.58. The number of ether oxygens (including phenoxy) is 1. The Morgan fingerprint density at radius 2 is 2.22 bits per heavy atom. The van der Waals surface area contributed by atoms with Gasteiger partial charge in [0.1, 0.15) is 5.76 Å². The SMILES string of the molecule is COc1c(N)cccc1C(=O)NCc1ccco1. The van der Waals surface area contributed by atoms with Gasteiger partial charge in [-0.1, -0.05) is 6.07 Å². The zero-order valence-corrected chi connectivity index (χ0v) is 9.97. The Morgan fingerprint density at radius 1 is 1.39 bits per heavy atom. The minimum atomic E-state index is -0.254. The second-order valence-electron chi connectivity index (χ2n) is 3.69. The molecule has 0 aliphatic carbocycles. The van der Waals surface area contributed by atoms with Crippen LogP contribution in [-0.2, 0) is 6.54 Å². The molecule has 3 N–H and O–H groups in total. The van der Waals surface area contributed by atoms with Crippen molar-refractivity contribution in [2.45, 2.75) is 6.54 Å². The number of amides is 1. The fourth-order valence-corrected chi connectivity index (χ4v) is 1.64. The van der Waals surface area contributed by atoms with Gasteiger partial charge in [0.25, 0.3) is 5.91 Å². The van der Waals surface area contributed by atoms with Crippen molar-refractivity contribution in [2.24, 2.45) is 0 Å². The van der Waals surface area contributed by atoms with Crippen molar-refractivity contribution in [2.75, 3.05) is 12.8 Å². The summed E-state index contributed by atoms with van der Waals surface area (Å²) in [4.78, 5) is 12.0. The summed E-state index contributed by atoms with van der Waals surface area (Å²) in [5.74, 6) is 0.816. The maximum atomic E-state index is 12.0. The number of rotatable bonds is 4. The second kappa shape index (κ2) is 5.27. The second-order valence-corrected chi connectivity index (χ2v) is 3.69. The molecule has 1 aromatic heterocycles. The molecule has 0 aliphatic heterocycles. The van der Waals surface area contributed by atoms with E-state index in [1.165, 1.54) is 7.11 Å². The van der Waals surface area contributed by atoms with Gasteiger partial charge in [-0.15, -0.1) is 0 Å². The van der Waals surface area contributed by atoms with Crippen LogP contribution in [0.1, 0.15) is 16.1 Å². The van der Waals surface area contributed by atoms with Crippen LogP contribution in [0.4, 0.5) is 5.69 Å². The first-order chi connectivity index (χ1) is 8.72. The van der Waals surface area contributed by atoms with Crippen molar-refractivity contribution in [1.82, 2.24) is 5.32 Å². The van der Waals surface area contributed by atoms with Crippen LogP contribution in [0.2, 0.25) is 0 Å². The summed E-state index contributed by atoms with van der Waals surface area (Å²) in [6, 6.07) is 8.61. The number of methoxy groups -OCH3 is 1. The van der Waals surface area contributed by atoms with Gasteiger partial charge in [0.2, 0.25) is 0 Å². The van der Waals surface area contributed by atoms with Crippen molar-refractivity contribution in [1.29, 1.82) is 0 Å². The fraction of sp³-hybridized carbons (Fsp3) is 0.154. The molecule has 1 heterocycles. The summed E-state index contributed by atoms with van der Waals surface area (Å²) >= 11 is 0. The number of hydrogen-bond donors (Lipinski definition) is 2. The number of benzene rings is 1. The molecule has 94 valence electrons. The molecule has 0 fully saturated rings. The van der Waals surface area contributed by atoms with Gasteiger partial charge < -0.3 is 20.2 Å². The maximum absolute atomic E-state index is 12.0. The van der Waals surface area contributed by atoms with Gasteiger partial charge in [-0.3, -0.25) is 4.79 Å². The predicted molar refractivity (Wildman–Crippen MR) is 67.3 cm³/mol. The Morgan fingerprint density at radius 3 is 2.89 bits per heavy atom. The van der Waals surface area contributed by atoms with Gasteiger partial charge in [0, 0.05) is 0 Å². The largest absolute Gasteiger partial charge is 0.494 e. The van der Waals surface area contributed by atoms with Crippen LogP contribution >= 0.6 is 0 Å². The van der Waals surface area contributed by atoms with Crippen molar-refractivity contribution in [3.05, 3.63) is 47.9 Å². The highest BCUT2D eigenvalue weighted by Gasteiger charge is 2.14. The van der Waals surface area contributed by atoms with Gasteiger partial charge in [-0.25, -0.2) is 0 Å². The van der Waals surface area contributed by atoms with E-state index in [1.807, 2.05) is 0 Å². The number of carbonyl (C=O) groups excluding carboxylic acids is 1. The average molecular weight is 246 g/mol. The highest BCUT2D eigenvalue weighted by atomic mass is 16.5. The first-order valence-electron chi connectivity index (χ1n) is 5.45. The van der Waals surface area contributed by atoms with Crippen LogP contribution < -0.4 is 15.8 Å². The molecule has 0 radical (unpaired) electrons. The third kappa shape index (κ3) is 2.45. The van der Waals surface area contributed by atoms with E-state index in [1.54, 1.807) is 36.6 Å². The number of furan rings is 1. The van der Waals surface area contributed by atoms with Gasteiger partial charge in [0.05, 0.1) is 31.2 Å². The van der Waals surface area contributed by atoms with Crippen LogP contribution in [0.25, 0.3) is 0 Å². The number of para-hydroxylation sites is 1. The number of carbonyl (C=O) groups is 1. The zero-order valence-electron chi connectivity index (χ0n) is 9.97. The molecule has 0 atom stereocenters. The number of hydrogen-bond acceptors (Lipinski definition) is 4. The number of nitrogens with two attached hydrogens (primary N) is 1. The molecule has 0 aliphatic rings. The number of nitrogens with one attached hydrogen (secondary N) is 1.